The van der Waals surface area contributed by atoms with Crippen molar-refractivity contribution in [3.63, 3.8) is 0 Å². The monoisotopic (exact) mass is 335 g/mol. The minimum Gasteiger partial charge on any atom is -0.356 e. The highest BCUT2D eigenvalue weighted by Crippen LogP contribution is 2.22. The van der Waals surface area contributed by atoms with E-state index >= 15 is 0 Å². The molecule has 0 spiro atoms. The fourth-order valence-electron chi connectivity index (χ4n) is 1.95. The molecule has 1 aromatic carbocycles. The Morgan fingerprint density at radius 3 is 2.57 bits per heavy atom. The van der Waals surface area contributed by atoms with Crippen LogP contribution in [0.25, 0.3) is 11.3 Å². The van der Waals surface area contributed by atoms with Crippen molar-refractivity contribution >= 4 is 23.4 Å². The molecule has 6 nitrogen and oxygen atoms in total. The van der Waals surface area contributed by atoms with Crippen LogP contribution in [0.2, 0.25) is 5.02 Å². The molecule has 0 atom stereocenters. The van der Waals surface area contributed by atoms with Crippen LogP contribution in [0.15, 0.2) is 34.9 Å². The summed E-state index contributed by atoms with van der Waals surface area (Å²) in [5.41, 5.74) is 1.41. The molecule has 0 aliphatic heterocycles. The lowest BCUT2D eigenvalue weighted by atomic mass is 10.1. The third-order valence-corrected chi connectivity index (χ3v) is 3.33. The van der Waals surface area contributed by atoms with Crippen LogP contribution in [0.5, 0.6) is 0 Å². The SMILES string of the molecule is CC(=O)NCCCNC(=O)Cc1cc(-c2ccc(Cl)cc2)on1. The van der Waals surface area contributed by atoms with Gasteiger partial charge in [-0.1, -0.05) is 16.8 Å². The molecule has 0 bridgehead atoms. The Kier molecular flexibility index (Phi) is 6.17. The molecule has 0 radical (unpaired) electrons. The van der Waals surface area contributed by atoms with Crippen LogP contribution in [0.1, 0.15) is 19.0 Å². The Hall–Kier alpha value is -2.34. The third-order valence-electron chi connectivity index (χ3n) is 3.08. The molecule has 2 N–H and O–H groups in total. The van der Waals surface area contributed by atoms with Gasteiger partial charge in [-0.25, -0.2) is 0 Å². The van der Waals surface area contributed by atoms with E-state index < -0.39 is 0 Å². The highest BCUT2D eigenvalue weighted by atomic mass is 35.5. The summed E-state index contributed by atoms with van der Waals surface area (Å²) in [7, 11) is 0. The zero-order valence-electron chi connectivity index (χ0n) is 12.8. The third kappa shape index (κ3) is 5.75. The Balaban J connectivity index is 1.78. The lowest BCUT2D eigenvalue weighted by Gasteiger charge is -2.04. The molecule has 7 heteroatoms. The Morgan fingerprint density at radius 1 is 1.17 bits per heavy atom. The zero-order chi connectivity index (χ0) is 16.7. The molecule has 1 heterocycles. The lowest BCUT2D eigenvalue weighted by molar-refractivity contribution is -0.120. The maximum absolute atomic E-state index is 11.8. The van der Waals surface area contributed by atoms with Crippen LogP contribution in [0.4, 0.5) is 0 Å². The fourth-order valence-corrected chi connectivity index (χ4v) is 2.08. The van der Waals surface area contributed by atoms with E-state index in [9.17, 15) is 9.59 Å². The first-order valence-electron chi connectivity index (χ1n) is 7.27. The number of amides is 2. The molecule has 0 saturated heterocycles. The van der Waals surface area contributed by atoms with Gasteiger partial charge in [-0.05, 0) is 30.7 Å². The second-order valence-electron chi connectivity index (χ2n) is 5.05. The van der Waals surface area contributed by atoms with Crippen molar-refractivity contribution in [1.82, 2.24) is 15.8 Å². The number of hydrogen-bond donors (Lipinski definition) is 2. The van der Waals surface area contributed by atoms with E-state index in [4.69, 9.17) is 16.1 Å². The number of hydrogen-bond acceptors (Lipinski definition) is 4. The minimum atomic E-state index is -0.135. The van der Waals surface area contributed by atoms with Crippen LogP contribution in [-0.4, -0.2) is 30.1 Å². The predicted octanol–water partition coefficient (Wildman–Crippen LogP) is 2.18. The zero-order valence-corrected chi connectivity index (χ0v) is 13.5. The molecule has 0 fully saturated rings. The predicted molar refractivity (Wildman–Crippen MR) is 87.0 cm³/mol. The first-order chi connectivity index (χ1) is 11.0. The van der Waals surface area contributed by atoms with Crippen LogP contribution in [-0.2, 0) is 16.0 Å². The quantitative estimate of drug-likeness (QED) is 0.759. The molecule has 0 aliphatic rings. The van der Waals surface area contributed by atoms with E-state index in [1.807, 2.05) is 12.1 Å². The van der Waals surface area contributed by atoms with Crippen LogP contribution in [0, 0.1) is 0 Å². The summed E-state index contributed by atoms with van der Waals surface area (Å²) in [6.07, 6.45) is 0.831. The van der Waals surface area contributed by atoms with Gasteiger partial charge in [0.25, 0.3) is 0 Å². The largest absolute Gasteiger partial charge is 0.356 e. The van der Waals surface area contributed by atoms with Gasteiger partial charge in [-0.2, -0.15) is 0 Å². The standard InChI is InChI=1S/C16H18ClN3O3/c1-11(21)18-7-2-8-19-16(22)10-14-9-15(23-20-14)12-3-5-13(17)6-4-12/h3-6,9H,2,7-8,10H2,1H3,(H,18,21)(H,19,22). The van der Waals surface area contributed by atoms with Crippen molar-refractivity contribution in [3.8, 4) is 11.3 Å². The summed E-state index contributed by atoms with van der Waals surface area (Å²) in [5, 5.41) is 9.98. The first-order valence-corrected chi connectivity index (χ1v) is 7.65. The van der Waals surface area contributed by atoms with E-state index in [1.165, 1.54) is 6.92 Å². The summed E-state index contributed by atoms with van der Waals surface area (Å²) < 4.78 is 5.24. The molecule has 2 aromatic rings. The lowest BCUT2D eigenvalue weighted by Crippen LogP contribution is -2.29. The summed E-state index contributed by atoms with van der Waals surface area (Å²) in [4.78, 5) is 22.5. The summed E-state index contributed by atoms with van der Waals surface area (Å²) in [6, 6.07) is 8.92. The van der Waals surface area contributed by atoms with Gasteiger partial charge in [0.1, 0.15) is 0 Å². The first kappa shape index (κ1) is 17.0. The number of carbonyl (C=O) groups is 2. The maximum atomic E-state index is 11.8. The summed E-state index contributed by atoms with van der Waals surface area (Å²) in [5.74, 6) is 0.382. The van der Waals surface area contributed by atoms with Gasteiger partial charge < -0.3 is 15.2 Å². The van der Waals surface area contributed by atoms with Gasteiger partial charge in [-0.3, -0.25) is 9.59 Å². The van der Waals surface area contributed by atoms with E-state index in [0.29, 0.717) is 36.0 Å². The van der Waals surface area contributed by atoms with Gasteiger partial charge in [-0.15, -0.1) is 0 Å². The number of nitrogens with zero attached hydrogens (tertiary/aromatic N) is 1. The topological polar surface area (TPSA) is 84.2 Å². The van der Waals surface area contributed by atoms with E-state index in [2.05, 4.69) is 15.8 Å². The molecular formula is C16H18ClN3O3. The van der Waals surface area contributed by atoms with Crippen molar-refractivity contribution in [2.24, 2.45) is 0 Å². The Morgan fingerprint density at radius 2 is 1.87 bits per heavy atom. The van der Waals surface area contributed by atoms with Gasteiger partial charge in [0.15, 0.2) is 5.76 Å². The smallest absolute Gasteiger partial charge is 0.226 e. The molecule has 0 saturated carbocycles. The average molecular weight is 336 g/mol. The molecule has 2 rings (SSSR count). The van der Waals surface area contributed by atoms with E-state index in [1.54, 1.807) is 18.2 Å². The van der Waals surface area contributed by atoms with Crippen LogP contribution < -0.4 is 10.6 Å². The number of nitrogens with one attached hydrogen (secondary N) is 2. The second kappa shape index (κ2) is 8.33. The highest BCUT2D eigenvalue weighted by Gasteiger charge is 2.10. The maximum Gasteiger partial charge on any atom is 0.226 e. The Labute approximate surface area is 139 Å². The molecule has 23 heavy (non-hydrogen) atoms. The summed E-state index contributed by atoms with van der Waals surface area (Å²) >= 11 is 5.84. The molecular weight excluding hydrogens is 318 g/mol. The number of carbonyl (C=O) groups excluding carboxylic acids is 2. The molecule has 2 amide bonds. The van der Waals surface area contributed by atoms with Crippen molar-refractivity contribution in [3.05, 3.63) is 41.0 Å². The van der Waals surface area contributed by atoms with Gasteiger partial charge in [0, 0.05) is 36.7 Å². The Bertz CT molecular complexity index is 667. The minimum absolute atomic E-state index is 0.0753. The normalized spacial score (nSPS) is 10.3. The van der Waals surface area contributed by atoms with Gasteiger partial charge in [0.2, 0.25) is 11.8 Å². The van der Waals surface area contributed by atoms with Gasteiger partial charge in [0.05, 0.1) is 12.1 Å². The number of halogens is 1. The van der Waals surface area contributed by atoms with E-state index in [0.717, 1.165) is 5.56 Å². The number of aromatic nitrogens is 1. The van der Waals surface area contributed by atoms with Crippen molar-refractivity contribution in [1.29, 1.82) is 0 Å². The second-order valence-corrected chi connectivity index (χ2v) is 5.49. The fraction of sp³-hybridized carbons (Fsp3) is 0.312. The van der Waals surface area contributed by atoms with Crippen LogP contribution in [0.3, 0.4) is 0 Å². The summed E-state index contributed by atoms with van der Waals surface area (Å²) in [6.45, 7) is 2.50. The number of benzene rings is 1. The van der Waals surface area contributed by atoms with Crippen molar-refractivity contribution in [2.75, 3.05) is 13.1 Å². The van der Waals surface area contributed by atoms with Crippen molar-refractivity contribution in [2.45, 2.75) is 19.8 Å². The van der Waals surface area contributed by atoms with Crippen LogP contribution >= 0.6 is 11.6 Å². The molecule has 0 unspecified atom stereocenters. The van der Waals surface area contributed by atoms with Gasteiger partial charge >= 0.3 is 0 Å². The average Bonchev–Trinajstić information content (AvgIpc) is 2.95. The highest BCUT2D eigenvalue weighted by molar-refractivity contribution is 6.30. The van der Waals surface area contributed by atoms with E-state index in [-0.39, 0.29) is 18.2 Å². The van der Waals surface area contributed by atoms with Crippen molar-refractivity contribution < 1.29 is 14.1 Å². The molecule has 1 aromatic heterocycles. The molecule has 0 aliphatic carbocycles. The number of rotatable bonds is 7. The molecule has 122 valence electrons.